The number of anilines is 1. The first-order chi connectivity index (χ1) is 13.1. The minimum atomic E-state index is 0.0945. The van der Waals surface area contributed by atoms with E-state index in [-0.39, 0.29) is 5.91 Å². The van der Waals surface area contributed by atoms with Gasteiger partial charge in [0.1, 0.15) is 17.8 Å². The number of carbonyl (C=O) groups excluding carboxylic acids is 1. The molecule has 1 aliphatic heterocycles. The molecule has 144 valence electrons. The second-order valence-electron chi connectivity index (χ2n) is 7.93. The molecule has 2 fully saturated rings. The van der Waals surface area contributed by atoms with Gasteiger partial charge in [-0.1, -0.05) is 20.3 Å². The Hall–Kier alpha value is -2.44. The second kappa shape index (κ2) is 7.66. The summed E-state index contributed by atoms with van der Waals surface area (Å²) in [5, 5.41) is 4.38. The number of aromatic nitrogens is 4. The molecule has 7 heteroatoms. The first kappa shape index (κ1) is 17.9. The van der Waals surface area contributed by atoms with Crippen LogP contribution in [0, 0.1) is 5.92 Å². The van der Waals surface area contributed by atoms with Crippen molar-refractivity contribution < 1.29 is 4.79 Å². The van der Waals surface area contributed by atoms with Gasteiger partial charge < -0.3 is 9.80 Å². The van der Waals surface area contributed by atoms with Gasteiger partial charge in [-0.15, -0.1) is 0 Å². The Morgan fingerprint density at radius 2 is 1.96 bits per heavy atom. The number of nitrogens with zero attached hydrogens (tertiary/aromatic N) is 6. The van der Waals surface area contributed by atoms with Crippen molar-refractivity contribution >= 4 is 11.7 Å². The predicted octanol–water partition coefficient (Wildman–Crippen LogP) is 2.56. The molecular weight excluding hydrogens is 340 g/mol. The zero-order valence-electron chi connectivity index (χ0n) is 16.2. The average molecular weight is 368 g/mol. The monoisotopic (exact) mass is 368 g/mol. The lowest BCUT2D eigenvalue weighted by Gasteiger charge is -2.35. The molecule has 3 heterocycles. The molecule has 0 unspecified atom stereocenters. The third-order valence-electron chi connectivity index (χ3n) is 5.75. The van der Waals surface area contributed by atoms with Crippen molar-refractivity contribution in [1.29, 1.82) is 0 Å². The minimum Gasteiger partial charge on any atom is -0.353 e. The summed E-state index contributed by atoms with van der Waals surface area (Å²) in [7, 11) is 0. The zero-order chi connectivity index (χ0) is 18.8. The van der Waals surface area contributed by atoms with Crippen LogP contribution in [0.5, 0.6) is 0 Å². The Labute approximate surface area is 160 Å². The van der Waals surface area contributed by atoms with Gasteiger partial charge in [-0.2, -0.15) is 5.10 Å². The van der Waals surface area contributed by atoms with Gasteiger partial charge in [-0.3, -0.25) is 9.48 Å². The Kier molecular flexibility index (Phi) is 5.09. The van der Waals surface area contributed by atoms with E-state index in [1.54, 1.807) is 12.5 Å². The average Bonchev–Trinajstić information content (AvgIpc) is 3.12. The molecule has 1 aliphatic carbocycles. The second-order valence-corrected chi connectivity index (χ2v) is 7.93. The Morgan fingerprint density at radius 3 is 2.63 bits per heavy atom. The van der Waals surface area contributed by atoms with Crippen molar-refractivity contribution in [2.75, 3.05) is 31.1 Å². The standard InChI is InChI=1S/C20H28N6O/c1-15(2)17-12-19(22-14-21-17)24-8-10-25(11-9-24)20(27)18-6-7-23-26(18)13-16-4-3-5-16/h6-7,12,14-16H,3-5,8-11,13H2,1-2H3. The lowest BCUT2D eigenvalue weighted by Crippen LogP contribution is -2.49. The van der Waals surface area contributed by atoms with Crippen LogP contribution in [0.2, 0.25) is 0 Å². The molecule has 4 rings (SSSR count). The normalized spacial score (nSPS) is 18.0. The van der Waals surface area contributed by atoms with Gasteiger partial charge in [0, 0.05) is 50.7 Å². The SMILES string of the molecule is CC(C)c1cc(N2CCN(C(=O)c3ccnn3CC3CCC3)CC2)ncn1. The van der Waals surface area contributed by atoms with E-state index in [1.165, 1.54) is 19.3 Å². The van der Waals surface area contributed by atoms with E-state index in [0.29, 0.717) is 24.9 Å². The maximum atomic E-state index is 13.0. The van der Waals surface area contributed by atoms with E-state index < -0.39 is 0 Å². The number of piperazine rings is 1. The summed E-state index contributed by atoms with van der Waals surface area (Å²) in [6, 6.07) is 3.92. The Balaban J connectivity index is 1.38. The third kappa shape index (κ3) is 3.82. The minimum absolute atomic E-state index is 0.0945. The van der Waals surface area contributed by atoms with Crippen LogP contribution >= 0.6 is 0 Å². The van der Waals surface area contributed by atoms with Crippen molar-refractivity contribution in [1.82, 2.24) is 24.6 Å². The highest BCUT2D eigenvalue weighted by atomic mass is 16.2. The van der Waals surface area contributed by atoms with Gasteiger partial charge in [-0.25, -0.2) is 9.97 Å². The van der Waals surface area contributed by atoms with Crippen molar-refractivity contribution in [3.8, 4) is 0 Å². The van der Waals surface area contributed by atoms with Crippen LogP contribution < -0.4 is 4.90 Å². The molecule has 0 radical (unpaired) electrons. The van der Waals surface area contributed by atoms with Crippen LogP contribution in [-0.2, 0) is 6.54 Å². The fourth-order valence-electron chi connectivity index (χ4n) is 3.73. The van der Waals surface area contributed by atoms with Crippen LogP contribution in [0.15, 0.2) is 24.7 Å². The van der Waals surface area contributed by atoms with Crippen molar-refractivity contribution in [2.45, 2.75) is 45.6 Å². The summed E-state index contributed by atoms with van der Waals surface area (Å²) in [5.74, 6) is 2.11. The number of hydrogen-bond donors (Lipinski definition) is 0. The zero-order valence-corrected chi connectivity index (χ0v) is 16.2. The number of amides is 1. The number of hydrogen-bond acceptors (Lipinski definition) is 5. The van der Waals surface area contributed by atoms with Crippen LogP contribution in [-0.4, -0.2) is 56.7 Å². The molecule has 7 nitrogen and oxygen atoms in total. The molecule has 0 aromatic carbocycles. The molecule has 0 spiro atoms. The summed E-state index contributed by atoms with van der Waals surface area (Å²) in [5.41, 5.74) is 1.78. The fraction of sp³-hybridized carbons (Fsp3) is 0.600. The van der Waals surface area contributed by atoms with Crippen molar-refractivity contribution in [3.05, 3.63) is 36.0 Å². The predicted molar refractivity (Wildman–Crippen MR) is 104 cm³/mol. The molecule has 1 saturated carbocycles. The van der Waals surface area contributed by atoms with Crippen LogP contribution in [0.25, 0.3) is 0 Å². The molecular formula is C20H28N6O. The van der Waals surface area contributed by atoms with E-state index in [0.717, 1.165) is 36.8 Å². The molecule has 27 heavy (non-hydrogen) atoms. The Bertz CT molecular complexity index is 789. The van der Waals surface area contributed by atoms with Gasteiger partial charge in [0.05, 0.1) is 0 Å². The fourth-order valence-corrected chi connectivity index (χ4v) is 3.73. The van der Waals surface area contributed by atoms with Gasteiger partial charge in [0.2, 0.25) is 0 Å². The van der Waals surface area contributed by atoms with Gasteiger partial charge >= 0.3 is 0 Å². The molecule has 0 bridgehead atoms. The van der Waals surface area contributed by atoms with E-state index in [9.17, 15) is 4.79 Å². The van der Waals surface area contributed by atoms with E-state index in [1.807, 2.05) is 15.6 Å². The summed E-state index contributed by atoms with van der Waals surface area (Å²) in [6.45, 7) is 8.12. The highest BCUT2D eigenvalue weighted by Gasteiger charge is 2.27. The summed E-state index contributed by atoms with van der Waals surface area (Å²) >= 11 is 0. The number of rotatable bonds is 5. The lowest BCUT2D eigenvalue weighted by atomic mass is 9.85. The van der Waals surface area contributed by atoms with E-state index in [4.69, 9.17) is 0 Å². The highest BCUT2D eigenvalue weighted by Crippen LogP contribution is 2.28. The molecule has 2 aromatic rings. The topological polar surface area (TPSA) is 67.2 Å². The van der Waals surface area contributed by atoms with Crippen LogP contribution in [0.4, 0.5) is 5.82 Å². The first-order valence-corrected chi connectivity index (χ1v) is 10.00. The third-order valence-corrected chi connectivity index (χ3v) is 5.75. The van der Waals surface area contributed by atoms with Crippen molar-refractivity contribution in [3.63, 3.8) is 0 Å². The quantitative estimate of drug-likeness (QED) is 0.811. The van der Waals surface area contributed by atoms with Crippen LogP contribution in [0.1, 0.15) is 55.2 Å². The maximum absolute atomic E-state index is 13.0. The Morgan fingerprint density at radius 1 is 1.19 bits per heavy atom. The van der Waals surface area contributed by atoms with E-state index >= 15 is 0 Å². The molecule has 0 atom stereocenters. The smallest absolute Gasteiger partial charge is 0.272 e. The molecule has 2 aromatic heterocycles. The molecule has 2 aliphatic rings. The van der Waals surface area contributed by atoms with Gasteiger partial charge in [0.15, 0.2) is 0 Å². The highest BCUT2D eigenvalue weighted by molar-refractivity contribution is 5.92. The molecule has 1 amide bonds. The number of carbonyl (C=O) groups is 1. The molecule has 1 saturated heterocycles. The van der Waals surface area contributed by atoms with E-state index in [2.05, 4.69) is 39.9 Å². The summed E-state index contributed by atoms with van der Waals surface area (Å²) in [4.78, 5) is 25.9. The maximum Gasteiger partial charge on any atom is 0.272 e. The molecule has 0 N–H and O–H groups in total. The summed E-state index contributed by atoms with van der Waals surface area (Å²) < 4.78 is 1.90. The lowest BCUT2D eigenvalue weighted by molar-refractivity contribution is 0.0730. The van der Waals surface area contributed by atoms with Crippen LogP contribution in [0.3, 0.4) is 0 Å². The largest absolute Gasteiger partial charge is 0.353 e. The summed E-state index contributed by atoms with van der Waals surface area (Å²) in [6.07, 6.45) is 7.20. The van der Waals surface area contributed by atoms with Gasteiger partial charge in [0.25, 0.3) is 5.91 Å². The van der Waals surface area contributed by atoms with Gasteiger partial charge in [-0.05, 0) is 30.7 Å². The van der Waals surface area contributed by atoms with Crippen molar-refractivity contribution in [2.24, 2.45) is 5.92 Å². The first-order valence-electron chi connectivity index (χ1n) is 10.00.